The molecule has 0 bridgehead atoms. The maximum Gasteiger partial charge on any atom is 0.221 e. The van der Waals surface area contributed by atoms with Crippen molar-refractivity contribution < 1.29 is 26.9 Å². The number of hydrogen-bond donors (Lipinski definition) is 3. The van der Waals surface area contributed by atoms with Crippen LogP contribution < -0.4 is 38.0 Å². The number of nitrogens with zero attached hydrogens (tertiary/aromatic N) is 2. The Morgan fingerprint density at radius 1 is 0.929 bits per heavy atom. The molecule has 0 saturated carbocycles. The van der Waals surface area contributed by atoms with Gasteiger partial charge in [-0.1, -0.05) is 58.8 Å². The van der Waals surface area contributed by atoms with Gasteiger partial charge >= 0.3 is 0 Å². The second-order valence-corrected chi connectivity index (χ2v) is 6.19. The van der Waals surface area contributed by atoms with Gasteiger partial charge in [-0.3, -0.25) is 4.79 Å². The summed E-state index contributed by atoms with van der Waals surface area (Å²) in [7, 11) is 0. The standard InChI is InChI=1S/C21H19N5O.BrH/c1-16(27)22-18-12-14-20(15-13-18)26-24-21(17-8-4-2-5-9-17)23-25(26)19-10-6-3-7-11-19;/h2-15H,1H3,(H,22,27)(H,23,24);1H. The van der Waals surface area contributed by atoms with Crippen molar-refractivity contribution in [2.24, 2.45) is 5.10 Å². The Labute approximate surface area is 174 Å². The highest BCUT2D eigenvalue weighted by Crippen LogP contribution is 2.17. The highest BCUT2D eigenvalue weighted by molar-refractivity contribution is 5.99. The van der Waals surface area contributed by atoms with E-state index < -0.39 is 0 Å². The number of carbonyl (C=O) groups is 1. The predicted molar refractivity (Wildman–Crippen MR) is 106 cm³/mol. The first-order valence-corrected chi connectivity index (χ1v) is 8.71. The molecule has 1 aliphatic heterocycles. The normalized spacial score (nSPS) is 15.2. The summed E-state index contributed by atoms with van der Waals surface area (Å²) in [6.07, 6.45) is 0. The lowest BCUT2D eigenvalue weighted by Crippen LogP contribution is -3.10. The van der Waals surface area contributed by atoms with Gasteiger partial charge in [0, 0.05) is 30.3 Å². The zero-order valence-electron chi connectivity index (χ0n) is 15.3. The second-order valence-electron chi connectivity index (χ2n) is 6.19. The molecule has 3 N–H and O–H groups in total. The van der Waals surface area contributed by atoms with Crippen molar-refractivity contribution in [3.63, 3.8) is 0 Å². The van der Waals surface area contributed by atoms with Crippen LogP contribution in [0.1, 0.15) is 12.5 Å². The molecule has 0 fully saturated rings. The highest BCUT2D eigenvalue weighted by atomic mass is 79.9. The Kier molecular flexibility index (Phi) is 6.08. The number of amides is 1. The van der Waals surface area contributed by atoms with Crippen LogP contribution in [0.3, 0.4) is 0 Å². The van der Waals surface area contributed by atoms with Crippen LogP contribution in [-0.4, -0.2) is 11.7 Å². The first-order valence-electron chi connectivity index (χ1n) is 8.71. The van der Waals surface area contributed by atoms with E-state index in [2.05, 4.69) is 10.7 Å². The van der Waals surface area contributed by atoms with Crippen molar-refractivity contribution in [1.82, 2.24) is 5.43 Å². The Bertz CT molecular complexity index is 961. The third kappa shape index (κ3) is 4.21. The fraction of sp³-hybridized carbons (Fsp3) is 0.0476. The Morgan fingerprint density at radius 3 is 2.14 bits per heavy atom. The molecule has 7 heteroatoms. The quantitative estimate of drug-likeness (QED) is 0.514. The summed E-state index contributed by atoms with van der Waals surface area (Å²) >= 11 is 0. The van der Waals surface area contributed by atoms with Crippen LogP contribution in [0.5, 0.6) is 0 Å². The zero-order chi connectivity index (χ0) is 18.6. The minimum atomic E-state index is -0.0896. The Balaban J connectivity index is 0.00000225. The largest absolute Gasteiger partial charge is 1.00 e. The molecule has 0 saturated heterocycles. The average Bonchev–Trinajstić information content (AvgIpc) is 3.15. The lowest BCUT2D eigenvalue weighted by molar-refractivity contribution is -0.846. The van der Waals surface area contributed by atoms with E-state index in [-0.39, 0.29) is 22.9 Å². The third-order valence-electron chi connectivity index (χ3n) is 4.17. The molecule has 0 aromatic heterocycles. The minimum Gasteiger partial charge on any atom is -1.00 e. The molecule has 3 aromatic carbocycles. The van der Waals surface area contributed by atoms with E-state index in [9.17, 15) is 4.79 Å². The SMILES string of the molecule is CC(=O)Nc1ccc(N2NC(c3ccccc3)=N[NH+]2c2ccccc2)cc1.[Br-]. The number of anilines is 2. The van der Waals surface area contributed by atoms with Gasteiger partial charge in [0.25, 0.3) is 0 Å². The molecule has 1 aliphatic rings. The van der Waals surface area contributed by atoms with E-state index in [1.54, 1.807) is 0 Å². The molecule has 1 heterocycles. The molecule has 0 spiro atoms. The summed E-state index contributed by atoms with van der Waals surface area (Å²) < 4.78 is 0. The molecule has 1 amide bonds. The van der Waals surface area contributed by atoms with Gasteiger partial charge in [0.1, 0.15) is 5.69 Å². The van der Waals surface area contributed by atoms with E-state index in [0.717, 1.165) is 33.6 Å². The third-order valence-corrected chi connectivity index (χ3v) is 4.17. The van der Waals surface area contributed by atoms with Crippen molar-refractivity contribution in [3.05, 3.63) is 90.5 Å². The average molecular weight is 438 g/mol. The number of hydrazine groups is 1. The second kappa shape index (κ2) is 8.69. The summed E-state index contributed by atoms with van der Waals surface area (Å²) in [6.45, 7) is 1.50. The summed E-state index contributed by atoms with van der Waals surface area (Å²) in [5, 5.41) is 10.4. The van der Waals surface area contributed by atoms with Gasteiger partial charge in [-0.15, -0.1) is 0 Å². The molecule has 142 valence electrons. The first kappa shape index (κ1) is 19.6. The molecular weight excluding hydrogens is 418 g/mol. The van der Waals surface area contributed by atoms with Gasteiger partial charge in [0.2, 0.25) is 11.7 Å². The predicted octanol–water partition coefficient (Wildman–Crippen LogP) is -0.533. The van der Waals surface area contributed by atoms with Crippen molar-refractivity contribution in [2.45, 2.75) is 6.92 Å². The first-order chi connectivity index (χ1) is 13.2. The molecule has 1 unspecified atom stereocenters. The van der Waals surface area contributed by atoms with Crippen LogP contribution in [-0.2, 0) is 4.79 Å². The van der Waals surface area contributed by atoms with Crippen LogP contribution in [0.15, 0.2) is 90.0 Å². The van der Waals surface area contributed by atoms with Crippen molar-refractivity contribution in [3.8, 4) is 0 Å². The molecule has 3 aromatic rings. The number of amidine groups is 1. The fourth-order valence-corrected chi connectivity index (χ4v) is 2.93. The fourth-order valence-electron chi connectivity index (χ4n) is 2.93. The molecule has 6 nitrogen and oxygen atoms in total. The number of halogens is 1. The molecule has 0 radical (unpaired) electrons. The zero-order valence-corrected chi connectivity index (χ0v) is 16.8. The number of nitrogens with one attached hydrogen (secondary N) is 3. The number of benzene rings is 3. The van der Waals surface area contributed by atoms with Gasteiger partial charge in [-0.2, -0.15) is 0 Å². The van der Waals surface area contributed by atoms with Crippen LogP contribution >= 0.6 is 0 Å². The summed E-state index contributed by atoms with van der Waals surface area (Å²) in [5.41, 5.74) is 7.11. The lowest BCUT2D eigenvalue weighted by Gasteiger charge is -2.21. The van der Waals surface area contributed by atoms with Crippen LogP contribution in [0.2, 0.25) is 0 Å². The van der Waals surface area contributed by atoms with E-state index >= 15 is 0 Å². The molecule has 1 atom stereocenters. The number of carbonyl (C=O) groups excluding carboxylic acids is 1. The monoisotopic (exact) mass is 437 g/mol. The van der Waals surface area contributed by atoms with Gasteiger partial charge in [0.15, 0.2) is 5.69 Å². The summed E-state index contributed by atoms with van der Waals surface area (Å²) in [5.74, 6) is 0.702. The van der Waals surface area contributed by atoms with E-state index in [1.165, 1.54) is 6.92 Å². The van der Waals surface area contributed by atoms with Gasteiger partial charge in [-0.25, -0.2) is 5.43 Å². The number of rotatable bonds is 4. The Hall–Kier alpha value is -3.16. The van der Waals surface area contributed by atoms with Gasteiger partial charge in [0.05, 0.1) is 0 Å². The smallest absolute Gasteiger partial charge is 0.221 e. The number of hydrogen-bond acceptors (Lipinski definition) is 4. The molecule has 0 aliphatic carbocycles. The van der Waals surface area contributed by atoms with Crippen LogP contribution in [0.25, 0.3) is 0 Å². The van der Waals surface area contributed by atoms with Crippen LogP contribution in [0.4, 0.5) is 17.1 Å². The van der Waals surface area contributed by atoms with Gasteiger partial charge in [-0.05, 0) is 29.4 Å². The Morgan fingerprint density at radius 2 is 1.54 bits per heavy atom. The highest BCUT2D eigenvalue weighted by Gasteiger charge is 2.32. The lowest BCUT2D eigenvalue weighted by atomic mass is 10.2. The van der Waals surface area contributed by atoms with Crippen LogP contribution in [0, 0.1) is 0 Å². The topological polar surface area (TPSA) is 61.2 Å². The summed E-state index contributed by atoms with van der Waals surface area (Å²) in [6, 6.07) is 27.7. The maximum absolute atomic E-state index is 11.2. The van der Waals surface area contributed by atoms with Crippen molar-refractivity contribution in [1.29, 1.82) is 0 Å². The van der Waals surface area contributed by atoms with Gasteiger partial charge < -0.3 is 22.3 Å². The molecule has 4 rings (SSSR count). The summed E-state index contributed by atoms with van der Waals surface area (Å²) in [4.78, 5) is 11.2. The van der Waals surface area contributed by atoms with Crippen molar-refractivity contribution >= 4 is 28.8 Å². The van der Waals surface area contributed by atoms with E-state index in [4.69, 9.17) is 5.10 Å². The number of quaternary nitrogens is 1. The minimum absolute atomic E-state index is 0. The van der Waals surface area contributed by atoms with E-state index in [1.807, 2.05) is 90.0 Å². The van der Waals surface area contributed by atoms with E-state index in [0.29, 0.717) is 0 Å². The maximum atomic E-state index is 11.2. The van der Waals surface area contributed by atoms with Crippen molar-refractivity contribution in [2.75, 3.05) is 10.4 Å². The molecule has 28 heavy (non-hydrogen) atoms. The molecular formula is C21H20BrN5O.